The molecule has 132 valence electrons. The first-order valence-electron chi connectivity index (χ1n) is 8.68. The van der Waals surface area contributed by atoms with Crippen LogP contribution in [0.1, 0.15) is 16.7 Å². The smallest absolute Gasteiger partial charge is 0.262 e. The largest absolute Gasteiger partial charge is 0.484 e. The van der Waals surface area contributed by atoms with Crippen LogP contribution < -0.4 is 10.1 Å². The van der Waals surface area contributed by atoms with Crippen LogP contribution in [0.5, 0.6) is 5.75 Å². The molecule has 0 saturated carbocycles. The normalized spacial score (nSPS) is 10.4. The van der Waals surface area contributed by atoms with Crippen molar-refractivity contribution in [2.45, 2.75) is 20.8 Å². The van der Waals surface area contributed by atoms with Crippen molar-refractivity contribution in [2.24, 2.45) is 0 Å². The van der Waals surface area contributed by atoms with Crippen molar-refractivity contribution < 1.29 is 9.53 Å². The van der Waals surface area contributed by atoms with Crippen molar-refractivity contribution >= 4 is 11.6 Å². The van der Waals surface area contributed by atoms with Gasteiger partial charge in [-0.25, -0.2) is 0 Å². The van der Waals surface area contributed by atoms with E-state index in [0.717, 1.165) is 27.9 Å². The number of nitrogens with one attached hydrogen (secondary N) is 1. The van der Waals surface area contributed by atoms with Gasteiger partial charge in [-0.2, -0.15) is 0 Å². The fraction of sp³-hybridized carbons (Fsp3) is 0.174. The van der Waals surface area contributed by atoms with Crippen molar-refractivity contribution in [1.29, 1.82) is 0 Å². The molecule has 0 saturated heterocycles. The molecule has 0 atom stereocenters. The summed E-state index contributed by atoms with van der Waals surface area (Å²) >= 11 is 0. The number of ether oxygens (including phenoxy) is 1. The van der Waals surface area contributed by atoms with Gasteiger partial charge in [0.05, 0.1) is 0 Å². The predicted molar refractivity (Wildman–Crippen MR) is 107 cm³/mol. The third-order valence-corrected chi connectivity index (χ3v) is 4.28. The zero-order valence-corrected chi connectivity index (χ0v) is 15.4. The number of rotatable bonds is 5. The van der Waals surface area contributed by atoms with Crippen LogP contribution in [0.2, 0.25) is 0 Å². The maximum atomic E-state index is 12.1. The van der Waals surface area contributed by atoms with Crippen molar-refractivity contribution in [3.63, 3.8) is 0 Å². The molecule has 3 aromatic carbocycles. The number of carbonyl (C=O) groups is 1. The molecule has 0 bridgehead atoms. The van der Waals surface area contributed by atoms with Gasteiger partial charge in [0, 0.05) is 5.69 Å². The summed E-state index contributed by atoms with van der Waals surface area (Å²) < 4.78 is 5.61. The Balaban J connectivity index is 1.58. The Morgan fingerprint density at radius 2 is 1.38 bits per heavy atom. The maximum Gasteiger partial charge on any atom is 0.262 e. The predicted octanol–water partition coefficient (Wildman–Crippen LogP) is 5.30. The molecule has 0 aliphatic carbocycles. The highest BCUT2D eigenvalue weighted by molar-refractivity contribution is 5.92. The van der Waals surface area contributed by atoms with E-state index in [1.165, 1.54) is 5.56 Å². The topological polar surface area (TPSA) is 38.3 Å². The number of benzene rings is 3. The molecule has 0 aromatic heterocycles. The second-order valence-corrected chi connectivity index (χ2v) is 6.55. The molecule has 1 amide bonds. The Kier molecular flexibility index (Phi) is 5.37. The lowest BCUT2D eigenvalue weighted by Crippen LogP contribution is -2.20. The Hall–Kier alpha value is -3.07. The number of anilines is 1. The van der Waals surface area contributed by atoms with E-state index in [1.807, 2.05) is 56.3 Å². The summed E-state index contributed by atoms with van der Waals surface area (Å²) in [5.74, 6) is 0.512. The average molecular weight is 345 g/mol. The van der Waals surface area contributed by atoms with Crippen LogP contribution in [0.25, 0.3) is 11.1 Å². The first kappa shape index (κ1) is 17.7. The standard InChI is InChI=1S/C23H23NO2/c1-16-5-8-19(9-6-16)20-10-12-21(13-11-20)26-15-23(25)24-22-14-17(2)4-7-18(22)3/h4-14H,15H2,1-3H3,(H,24,25). The number of aryl methyl sites for hydroxylation is 3. The SMILES string of the molecule is Cc1ccc(-c2ccc(OCC(=O)Nc3cc(C)ccc3C)cc2)cc1. The summed E-state index contributed by atoms with van der Waals surface area (Å²) in [5, 5.41) is 2.90. The maximum absolute atomic E-state index is 12.1. The zero-order valence-electron chi connectivity index (χ0n) is 15.4. The summed E-state index contributed by atoms with van der Waals surface area (Å²) in [4.78, 5) is 12.1. The van der Waals surface area contributed by atoms with Gasteiger partial charge in [-0.05, 0) is 61.2 Å². The van der Waals surface area contributed by atoms with E-state index in [-0.39, 0.29) is 12.5 Å². The van der Waals surface area contributed by atoms with Gasteiger partial charge in [0.25, 0.3) is 5.91 Å². The van der Waals surface area contributed by atoms with Crippen molar-refractivity contribution in [1.82, 2.24) is 0 Å². The lowest BCUT2D eigenvalue weighted by molar-refractivity contribution is -0.118. The summed E-state index contributed by atoms with van der Waals surface area (Å²) in [6.45, 7) is 6.03. The molecule has 26 heavy (non-hydrogen) atoms. The highest BCUT2D eigenvalue weighted by atomic mass is 16.5. The second kappa shape index (κ2) is 7.87. The number of carbonyl (C=O) groups excluding carboxylic acids is 1. The fourth-order valence-electron chi connectivity index (χ4n) is 2.70. The van der Waals surface area contributed by atoms with Gasteiger partial charge < -0.3 is 10.1 Å². The molecule has 0 spiro atoms. The van der Waals surface area contributed by atoms with Crippen LogP contribution in [0.3, 0.4) is 0 Å². The molecule has 3 rings (SSSR count). The fourth-order valence-corrected chi connectivity index (χ4v) is 2.70. The third kappa shape index (κ3) is 4.51. The van der Waals surface area contributed by atoms with E-state index in [1.54, 1.807) is 0 Å². The van der Waals surface area contributed by atoms with Gasteiger partial charge in [0.15, 0.2) is 6.61 Å². The third-order valence-electron chi connectivity index (χ3n) is 4.28. The van der Waals surface area contributed by atoms with Crippen LogP contribution in [0.15, 0.2) is 66.7 Å². The Bertz CT molecular complexity index is 896. The van der Waals surface area contributed by atoms with Crippen LogP contribution in [-0.2, 0) is 4.79 Å². The number of amides is 1. The number of hydrogen-bond acceptors (Lipinski definition) is 2. The molecule has 0 aliphatic heterocycles. The molecule has 1 N–H and O–H groups in total. The minimum absolute atomic E-state index is 0.0166. The summed E-state index contributed by atoms with van der Waals surface area (Å²) in [7, 11) is 0. The Labute approximate surface area is 154 Å². The molecule has 0 radical (unpaired) electrons. The van der Waals surface area contributed by atoms with E-state index in [9.17, 15) is 4.79 Å². The molecule has 0 heterocycles. The van der Waals surface area contributed by atoms with E-state index in [2.05, 4.69) is 36.5 Å². The van der Waals surface area contributed by atoms with Crippen molar-refractivity contribution in [3.8, 4) is 16.9 Å². The summed E-state index contributed by atoms with van der Waals surface area (Å²) in [6, 6.07) is 22.2. The van der Waals surface area contributed by atoms with Crippen LogP contribution >= 0.6 is 0 Å². The minimum atomic E-state index is -0.165. The van der Waals surface area contributed by atoms with Crippen LogP contribution in [0, 0.1) is 20.8 Å². The molecule has 3 heteroatoms. The molecule has 0 fully saturated rings. The number of hydrogen-bond donors (Lipinski definition) is 1. The van der Waals surface area contributed by atoms with E-state index < -0.39 is 0 Å². The Morgan fingerprint density at radius 1 is 0.808 bits per heavy atom. The molecular formula is C23H23NO2. The monoisotopic (exact) mass is 345 g/mol. The second-order valence-electron chi connectivity index (χ2n) is 6.55. The summed E-state index contributed by atoms with van der Waals surface area (Å²) in [5.41, 5.74) is 6.49. The van der Waals surface area contributed by atoms with Crippen molar-refractivity contribution in [3.05, 3.63) is 83.4 Å². The average Bonchev–Trinajstić information content (AvgIpc) is 2.64. The highest BCUT2D eigenvalue weighted by Gasteiger charge is 2.06. The van der Waals surface area contributed by atoms with E-state index >= 15 is 0 Å². The molecule has 0 aliphatic rings. The van der Waals surface area contributed by atoms with Gasteiger partial charge in [0.1, 0.15) is 5.75 Å². The quantitative estimate of drug-likeness (QED) is 0.682. The van der Waals surface area contributed by atoms with E-state index in [4.69, 9.17) is 4.74 Å². The molecule has 3 aromatic rings. The molecule has 0 unspecified atom stereocenters. The first-order valence-corrected chi connectivity index (χ1v) is 8.68. The Morgan fingerprint density at radius 3 is 2.04 bits per heavy atom. The molecule has 3 nitrogen and oxygen atoms in total. The van der Waals surface area contributed by atoms with Gasteiger partial charge in [-0.15, -0.1) is 0 Å². The molecular weight excluding hydrogens is 322 g/mol. The van der Waals surface area contributed by atoms with Gasteiger partial charge in [0.2, 0.25) is 0 Å². The van der Waals surface area contributed by atoms with Gasteiger partial charge in [-0.3, -0.25) is 4.79 Å². The highest BCUT2D eigenvalue weighted by Crippen LogP contribution is 2.23. The first-order chi connectivity index (χ1) is 12.5. The van der Waals surface area contributed by atoms with Crippen molar-refractivity contribution in [2.75, 3.05) is 11.9 Å². The zero-order chi connectivity index (χ0) is 18.5. The van der Waals surface area contributed by atoms with Crippen LogP contribution in [-0.4, -0.2) is 12.5 Å². The lowest BCUT2D eigenvalue weighted by Gasteiger charge is -2.11. The van der Waals surface area contributed by atoms with Gasteiger partial charge in [-0.1, -0.05) is 54.1 Å². The summed E-state index contributed by atoms with van der Waals surface area (Å²) in [6.07, 6.45) is 0. The van der Waals surface area contributed by atoms with Crippen LogP contribution in [0.4, 0.5) is 5.69 Å². The van der Waals surface area contributed by atoms with Gasteiger partial charge >= 0.3 is 0 Å². The minimum Gasteiger partial charge on any atom is -0.484 e. The lowest BCUT2D eigenvalue weighted by atomic mass is 10.0. The van der Waals surface area contributed by atoms with E-state index in [0.29, 0.717) is 5.75 Å².